The van der Waals surface area contributed by atoms with Gasteiger partial charge in [-0.15, -0.1) is 0 Å². The van der Waals surface area contributed by atoms with E-state index in [1.54, 1.807) is 14.2 Å². The van der Waals surface area contributed by atoms with Gasteiger partial charge in [-0.05, 0) is 53.9 Å². The monoisotopic (exact) mass is 406 g/mol. The molecule has 0 amide bonds. The van der Waals surface area contributed by atoms with Gasteiger partial charge in [-0.2, -0.15) is 0 Å². The third-order valence-electron chi connectivity index (χ3n) is 5.46. The van der Waals surface area contributed by atoms with E-state index >= 15 is 0 Å². The number of rotatable bonds is 8. The summed E-state index contributed by atoms with van der Waals surface area (Å²) in [5.41, 5.74) is 4.12. The molecule has 2 heterocycles. The summed E-state index contributed by atoms with van der Waals surface area (Å²) in [5, 5.41) is 2.09. The summed E-state index contributed by atoms with van der Waals surface area (Å²) in [5.74, 6) is 1.24. The molecule has 2 aromatic carbocycles. The number of aromatic nitrogens is 2. The number of aromatic amines is 2. The van der Waals surface area contributed by atoms with Crippen LogP contribution in [0.2, 0.25) is 0 Å². The third-order valence-corrected chi connectivity index (χ3v) is 5.46. The number of hydrogen-bond donors (Lipinski definition) is 2. The predicted molar refractivity (Wildman–Crippen MR) is 117 cm³/mol. The molecule has 2 N–H and O–H groups in total. The summed E-state index contributed by atoms with van der Waals surface area (Å²) >= 11 is 0. The number of esters is 1. The van der Waals surface area contributed by atoms with Gasteiger partial charge in [0.2, 0.25) is 0 Å². The van der Waals surface area contributed by atoms with Crippen LogP contribution in [0.25, 0.3) is 21.8 Å². The summed E-state index contributed by atoms with van der Waals surface area (Å²) < 4.78 is 16.5. The standard InChI is InChI=1S/C24H26N2O4/c1-4-5-24(27)30-14-21(19-12-25-22-8-6-15(28-2)10-17(19)22)20-13-26-23-9-7-16(29-3)11-18(20)23/h6-13,21,25-26H,4-5,14H2,1-3H3. The van der Waals surface area contributed by atoms with E-state index in [0.717, 1.165) is 50.9 Å². The highest BCUT2D eigenvalue weighted by Crippen LogP contribution is 2.37. The zero-order valence-corrected chi connectivity index (χ0v) is 17.5. The van der Waals surface area contributed by atoms with Crippen LogP contribution in [0.3, 0.4) is 0 Å². The fraction of sp³-hybridized carbons (Fsp3) is 0.292. The number of carbonyl (C=O) groups excluding carboxylic acids is 1. The van der Waals surface area contributed by atoms with Crippen molar-refractivity contribution in [1.82, 2.24) is 9.97 Å². The van der Waals surface area contributed by atoms with Crippen molar-refractivity contribution in [3.8, 4) is 11.5 Å². The van der Waals surface area contributed by atoms with Crippen molar-refractivity contribution in [3.05, 3.63) is 59.9 Å². The van der Waals surface area contributed by atoms with Crippen molar-refractivity contribution in [2.24, 2.45) is 0 Å². The fourth-order valence-electron chi connectivity index (χ4n) is 3.87. The SMILES string of the molecule is CCCC(=O)OCC(c1c[nH]c2ccc(OC)cc12)c1c[nH]c2ccc(OC)cc12. The minimum Gasteiger partial charge on any atom is -0.497 e. The zero-order valence-electron chi connectivity index (χ0n) is 17.5. The molecule has 0 aliphatic carbocycles. The minimum atomic E-state index is -0.183. The molecule has 6 nitrogen and oxygen atoms in total. The number of ether oxygens (including phenoxy) is 3. The topological polar surface area (TPSA) is 76.3 Å². The van der Waals surface area contributed by atoms with E-state index in [4.69, 9.17) is 14.2 Å². The lowest BCUT2D eigenvalue weighted by Crippen LogP contribution is -2.13. The second-order valence-electron chi connectivity index (χ2n) is 7.30. The molecule has 6 heteroatoms. The molecule has 0 bridgehead atoms. The summed E-state index contributed by atoms with van der Waals surface area (Å²) in [6.07, 6.45) is 5.15. The van der Waals surface area contributed by atoms with E-state index in [1.807, 2.05) is 55.7 Å². The first kappa shape index (κ1) is 19.9. The molecule has 0 fully saturated rings. The quantitative estimate of drug-likeness (QED) is 0.397. The van der Waals surface area contributed by atoms with Crippen molar-refractivity contribution < 1.29 is 19.0 Å². The number of methoxy groups -OCH3 is 2. The van der Waals surface area contributed by atoms with Gasteiger partial charge in [-0.1, -0.05) is 6.92 Å². The van der Waals surface area contributed by atoms with Crippen molar-refractivity contribution in [1.29, 1.82) is 0 Å². The Hall–Kier alpha value is -3.41. The fourth-order valence-corrected chi connectivity index (χ4v) is 3.87. The zero-order chi connectivity index (χ0) is 21.1. The van der Waals surface area contributed by atoms with E-state index in [0.29, 0.717) is 6.42 Å². The van der Waals surface area contributed by atoms with Crippen molar-refractivity contribution in [3.63, 3.8) is 0 Å². The van der Waals surface area contributed by atoms with E-state index in [1.165, 1.54) is 0 Å². The van der Waals surface area contributed by atoms with Gasteiger partial charge in [0.15, 0.2) is 0 Å². The van der Waals surface area contributed by atoms with E-state index < -0.39 is 0 Å². The largest absolute Gasteiger partial charge is 0.497 e. The van der Waals surface area contributed by atoms with Gasteiger partial charge < -0.3 is 24.2 Å². The van der Waals surface area contributed by atoms with Gasteiger partial charge in [-0.25, -0.2) is 0 Å². The maximum atomic E-state index is 12.1. The number of nitrogens with one attached hydrogen (secondary N) is 2. The molecule has 4 aromatic rings. The molecule has 30 heavy (non-hydrogen) atoms. The van der Waals surface area contributed by atoms with Crippen LogP contribution in [-0.4, -0.2) is 36.8 Å². The Morgan fingerprint density at radius 1 is 0.900 bits per heavy atom. The normalized spacial score (nSPS) is 11.3. The number of benzene rings is 2. The molecule has 0 spiro atoms. The molecule has 0 saturated carbocycles. The molecule has 0 radical (unpaired) electrons. The summed E-state index contributed by atoms with van der Waals surface area (Å²) in [6, 6.07) is 11.9. The lowest BCUT2D eigenvalue weighted by molar-refractivity contribution is -0.143. The first-order valence-corrected chi connectivity index (χ1v) is 10.1. The van der Waals surface area contributed by atoms with E-state index in [-0.39, 0.29) is 18.5 Å². The molecule has 2 aromatic heterocycles. The first-order chi connectivity index (χ1) is 14.6. The number of H-pyrrole nitrogens is 2. The van der Waals surface area contributed by atoms with Crippen LogP contribution in [0.4, 0.5) is 0 Å². The Bertz CT molecular complexity index is 1090. The lowest BCUT2D eigenvalue weighted by atomic mass is 9.91. The molecule has 0 atom stereocenters. The van der Waals surface area contributed by atoms with Gasteiger partial charge in [0.1, 0.15) is 18.1 Å². The van der Waals surface area contributed by atoms with Crippen LogP contribution in [-0.2, 0) is 9.53 Å². The maximum absolute atomic E-state index is 12.1. The highest BCUT2D eigenvalue weighted by Gasteiger charge is 2.23. The summed E-state index contributed by atoms with van der Waals surface area (Å²) in [4.78, 5) is 18.8. The number of hydrogen-bond acceptors (Lipinski definition) is 4. The Morgan fingerprint density at radius 2 is 1.43 bits per heavy atom. The minimum absolute atomic E-state index is 0.146. The molecule has 0 aliphatic heterocycles. The van der Waals surface area contributed by atoms with Crippen LogP contribution < -0.4 is 9.47 Å². The molecule has 0 saturated heterocycles. The van der Waals surface area contributed by atoms with Crippen LogP contribution >= 0.6 is 0 Å². The number of fused-ring (bicyclic) bond motifs is 2. The van der Waals surface area contributed by atoms with Gasteiger partial charge >= 0.3 is 5.97 Å². The first-order valence-electron chi connectivity index (χ1n) is 10.1. The Kier molecular flexibility index (Phi) is 5.65. The highest BCUT2D eigenvalue weighted by molar-refractivity contribution is 5.89. The average molecular weight is 406 g/mol. The Balaban J connectivity index is 1.82. The van der Waals surface area contributed by atoms with Crippen molar-refractivity contribution in [2.45, 2.75) is 25.7 Å². The smallest absolute Gasteiger partial charge is 0.305 e. The number of carbonyl (C=O) groups is 1. The molecular formula is C24H26N2O4. The Labute approximate surface area is 175 Å². The second kappa shape index (κ2) is 8.53. The van der Waals surface area contributed by atoms with Crippen LogP contribution in [0.1, 0.15) is 36.8 Å². The van der Waals surface area contributed by atoms with Crippen molar-refractivity contribution >= 4 is 27.8 Å². The van der Waals surface area contributed by atoms with Gasteiger partial charge in [0.05, 0.1) is 14.2 Å². The van der Waals surface area contributed by atoms with Crippen molar-refractivity contribution in [2.75, 3.05) is 20.8 Å². The van der Waals surface area contributed by atoms with Crippen LogP contribution in [0.5, 0.6) is 11.5 Å². The lowest BCUT2D eigenvalue weighted by Gasteiger charge is -2.17. The van der Waals surface area contributed by atoms with Crippen LogP contribution in [0, 0.1) is 0 Å². The molecular weight excluding hydrogens is 380 g/mol. The van der Waals surface area contributed by atoms with Crippen LogP contribution in [0.15, 0.2) is 48.8 Å². The third kappa shape index (κ3) is 3.73. The molecule has 4 rings (SSSR count). The van der Waals surface area contributed by atoms with E-state index in [9.17, 15) is 4.79 Å². The molecule has 0 aliphatic rings. The molecule has 0 unspecified atom stereocenters. The maximum Gasteiger partial charge on any atom is 0.305 e. The highest BCUT2D eigenvalue weighted by atomic mass is 16.5. The summed E-state index contributed by atoms with van der Waals surface area (Å²) in [6.45, 7) is 2.23. The summed E-state index contributed by atoms with van der Waals surface area (Å²) in [7, 11) is 3.31. The van der Waals surface area contributed by atoms with Gasteiger partial charge in [0, 0.05) is 46.5 Å². The Morgan fingerprint density at radius 3 is 1.90 bits per heavy atom. The van der Waals surface area contributed by atoms with E-state index in [2.05, 4.69) is 9.97 Å². The van der Waals surface area contributed by atoms with Gasteiger partial charge in [0.25, 0.3) is 0 Å². The average Bonchev–Trinajstić information content (AvgIpc) is 3.38. The van der Waals surface area contributed by atoms with Gasteiger partial charge in [-0.3, -0.25) is 4.79 Å². The second-order valence-corrected chi connectivity index (χ2v) is 7.30. The molecule has 156 valence electrons. The predicted octanol–water partition coefficient (Wildman–Crippen LogP) is 5.14.